The number of hydroxylamine groups is 2. The highest BCUT2D eigenvalue weighted by Gasteiger charge is 2.45. The summed E-state index contributed by atoms with van der Waals surface area (Å²) in [6.45, 7) is 11.5. The predicted molar refractivity (Wildman–Crippen MR) is 67.6 cm³/mol. The topological polar surface area (TPSA) is 40.5 Å². The Balaban J connectivity index is 2.78. The molecule has 0 radical (unpaired) electrons. The molecule has 1 N–H and O–H groups in total. The van der Waals surface area contributed by atoms with Gasteiger partial charge in [-0.15, -0.1) is 0 Å². The minimum absolute atomic E-state index is 0.0167. The minimum atomic E-state index is -0.291. The van der Waals surface area contributed by atoms with E-state index in [1.54, 1.807) is 0 Å². The maximum Gasteiger partial charge on any atom is 0.211 e. The lowest BCUT2D eigenvalue weighted by atomic mass is 9.82. The third-order valence-electron chi connectivity index (χ3n) is 3.05. The van der Waals surface area contributed by atoms with Gasteiger partial charge in [0.1, 0.15) is 0 Å². The highest BCUT2D eigenvalue weighted by atomic mass is 32.2. The van der Waals surface area contributed by atoms with E-state index in [0.717, 1.165) is 12.8 Å². The number of nitrogens with zero attached hydrogens (tertiary/aromatic N) is 1. The molecule has 0 aromatic heterocycles. The van der Waals surface area contributed by atoms with Gasteiger partial charge in [0.2, 0.25) is 5.12 Å². The molecule has 1 aliphatic rings. The highest BCUT2D eigenvalue weighted by Crippen LogP contribution is 2.41. The maximum atomic E-state index is 11.4. The number of carbonyl (C=O) groups is 1. The average molecular weight is 243 g/mol. The number of hydrogen-bond donors (Lipinski definition) is 1. The van der Waals surface area contributed by atoms with Gasteiger partial charge in [-0.3, -0.25) is 4.79 Å². The van der Waals surface area contributed by atoms with Crippen molar-refractivity contribution in [1.82, 2.24) is 5.06 Å². The van der Waals surface area contributed by atoms with Crippen LogP contribution < -0.4 is 0 Å². The smallest absolute Gasteiger partial charge is 0.211 e. The number of hydrogen-bond acceptors (Lipinski definition) is 4. The molecule has 1 heterocycles. The van der Waals surface area contributed by atoms with Crippen LogP contribution in [-0.4, -0.2) is 31.7 Å². The lowest BCUT2D eigenvalue weighted by Gasteiger charge is -2.51. The molecule has 0 aromatic carbocycles. The van der Waals surface area contributed by atoms with Crippen molar-refractivity contribution in [3.8, 4) is 0 Å². The third-order valence-corrected chi connectivity index (χ3v) is 4.12. The van der Waals surface area contributed by atoms with Crippen LogP contribution >= 0.6 is 11.8 Å². The summed E-state index contributed by atoms with van der Waals surface area (Å²) in [5, 5.41) is 11.8. The fourth-order valence-corrected chi connectivity index (χ4v) is 3.88. The van der Waals surface area contributed by atoms with Crippen molar-refractivity contribution in [2.45, 2.75) is 56.9 Å². The van der Waals surface area contributed by atoms with Crippen LogP contribution in [0.2, 0.25) is 0 Å². The van der Waals surface area contributed by atoms with Gasteiger partial charge in [0.15, 0.2) is 0 Å². The molecule has 1 aliphatic heterocycles. The van der Waals surface area contributed by atoms with Crippen molar-refractivity contribution >= 4 is 16.9 Å². The fraction of sp³-hybridized carbons (Fsp3) is 0.750. The number of rotatable bonds is 2. The van der Waals surface area contributed by atoms with Crippen molar-refractivity contribution in [3.63, 3.8) is 0 Å². The van der Waals surface area contributed by atoms with Crippen LogP contribution in [0.25, 0.3) is 0 Å². The lowest BCUT2D eigenvalue weighted by Crippen LogP contribution is -2.59. The Kier molecular flexibility index (Phi) is 3.87. The SMILES string of the molecule is C=CC(=O)SC1CC(C)(C)N(O)C(C)(C)C1. The Morgan fingerprint density at radius 3 is 2.19 bits per heavy atom. The largest absolute Gasteiger partial charge is 0.313 e. The van der Waals surface area contributed by atoms with Gasteiger partial charge in [-0.05, 0) is 46.6 Å². The van der Waals surface area contributed by atoms with E-state index in [2.05, 4.69) is 6.58 Å². The van der Waals surface area contributed by atoms with E-state index in [9.17, 15) is 10.0 Å². The van der Waals surface area contributed by atoms with Gasteiger partial charge < -0.3 is 5.21 Å². The first kappa shape index (κ1) is 13.7. The number of carbonyl (C=O) groups excluding carboxylic acids is 1. The van der Waals surface area contributed by atoms with Gasteiger partial charge in [0, 0.05) is 16.3 Å². The summed E-state index contributed by atoms with van der Waals surface area (Å²) in [5.74, 6) is 0. The fourth-order valence-electron chi connectivity index (χ4n) is 2.47. The van der Waals surface area contributed by atoms with Crippen LogP contribution in [0.5, 0.6) is 0 Å². The third kappa shape index (κ3) is 2.87. The maximum absolute atomic E-state index is 11.4. The monoisotopic (exact) mass is 243 g/mol. The average Bonchev–Trinajstić information content (AvgIpc) is 2.13. The van der Waals surface area contributed by atoms with E-state index >= 15 is 0 Å². The van der Waals surface area contributed by atoms with Gasteiger partial charge in [0.25, 0.3) is 0 Å². The standard InChI is InChI=1S/C12H21NO2S/c1-6-10(14)16-9-7-11(2,3)13(15)12(4,5)8-9/h6,9,15H,1,7-8H2,2-5H3. The van der Waals surface area contributed by atoms with E-state index in [-0.39, 0.29) is 21.4 Å². The van der Waals surface area contributed by atoms with E-state index < -0.39 is 0 Å². The lowest BCUT2D eigenvalue weighted by molar-refractivity contribution is -0.240. The van der Waals surface area contributed by atoms with E-state index in [1.807, 2.05) is 27.7 Å². The molecule has 0 amide bonds. The molecule has 92 valence electrons. The normalized spacial score (nSPS) is 25.3. The van der Waals surface area contributed by atoms with Crippen LogP contribution in [0.1, 0.15) is 40.5 Å². The Labute approximate surface area is 102 Å². The molecule has 16 heavy (non-hydrogen) atoms. The van der Waals surface area contributed by atoms with Gasteiger partial charge in [0.05, 0.1) is 0 Å². The second-order valence-electron chi connectivity index (χ2n) is 5.61. The van der Waals surface area contributed by atoms with Crippen LogP contribution in [-0.2, 0) is 4.79 Å². The molecule has 0 spiro atoms. The molecular formula is C12H21NO2S. The zero-order valence-electron chi connectivity index (χ0n) is 10.5. The number of piperidine rings is 1. The van der Waals surface area contributed by atoms with Crippen molar-refractivity contribution in [3.05, 3.63) is 12.7 Å². The number of thioether (sulfide) groups is 1. The van der Waals surface area contributed by atoms with Crippen LogP contribution in [0.3, 0.4) is 0 Å². The summed E-state index contributed by atoms with van der Waals surface area (Å²) in [4.78, 5) is 11.4. The molecule has 3 nitrogen and oxygen atoms in total. The molecule has 1 fully saturated rings. The van der Waals surface area contributed by atoms with E-state index in [4.69, 9.17) is 0 Å². The summed E-state index contributed by atoms with van der Waals surface area (Å²) >= 11 is 1.33. The molecule has 4 heteroatoms. The summed E-state index contributed by atoms with van der Waals surface area (Å²) in [6.07, 6.45) is 2.96. The van der Waals surface area contributed by atoms with Gasteiger partial charge >= 0.3 is 0 Å². The molecular weight excluding hydrogens is 222 g/mol. The molecule has 0 saturated carbocycles. The van der Waals surface area contributed by atoms with Crippen LogP contribution in [0.15, 0.2) is 12.7 Å². The van der Waals surface area contributed by atoms with Crippen molar-refractivity contribution < 1.29 is 10.0 Å². The zero-order valence-corrected chi connectivity index (χ0v) is 11.3. The molecule has 0 unspecified atom stereocenters. The van der Waals surface area contributed by atoms with Gasteiger partial charge in [-0.25, -0.2) is 0 Å². The molecule has 1 saturated heterocycles. The first-order valence-corrected chi connectivity index (χ1v) is 6.39. The molecule has 0 atom stereocenters. The molecule has 0 aliphatic carbocycles. The van der Waals surface area contributed by atoms with Crippen molar-refractivity contribution in [1.29, 1.82) is 0 Å². The molecule has 1 rings (SSSR count). The van der Waals surface area contributed by atoms with E-state index in [1.165, 1.54) is 22.9 Å². The van der Waals surface area contributed by atoms with Gasteiger partial charge in [-0.2, -0.15) is 5.06 Å². The summed E-state index contributed by atoms with van der Waals surface area (Å²) in [6, 6.07) is 0. The van der Waals surface area contributed by atoms with Crippen LogP contribution in [0, 0.1) is 0 Å². The Hall–Kier alpha value is -0.320. The second-order valence-corrected chi connectivity index (χ2v) is 6.91. The Morgan fingerprint density at radius 2 is 1.81 bits per heavy atom. The Bertz CT molecular complexity index is 281. The quantitative estimate of drug-likeness (QED) is 0.757. The Morgan fingerprint density at radius 1 is 1.38 bits per heavy atom. The minimum Gasteiger partial charge on any atom is -0.313 e. The van der Waals surface area contributed by atoms with Crippen LogP contribution in [0.4, 0.5) is 0 Å². The predicted octanol–water partition coefficient (Wildman–Crippen LogP) is 2.84. The summed E-state index contributed by atoms with van der Waals surface area (Å²) in [7, 11) is 0. The zero-order chi connectivity index (χ0) is 12.6. The molecule has 0 aromatic rings. The van der Waals surface area contributed by atoms with Gasteiger partial charge in [-0.1, -0.05) is 18.3 Å². The summed E-state index contributed by atoms with van der Waals surface area (Å²) in [5.41, 5.74) is -0.582. The molecule has 0 bridgehead atoms. The second kappa shape index (κ2) is 4.51. The highest BCUT2D eigenvalue weighted by molar-refractivity contribution is 8.14. The van der Waals surface area contributed by atoms with E-state index in [0.29, 0.717) is 0 Å². The first-order chi connectivity index (χ1) is 7.19. The first-order valence-electron chi connectivity index (χ1n) is 5.51. The summed E-state index contributed by atoms with van der Waals surface area (Å²) < 4.78 is 0. The van der Waals surface area contributed by atoms with Crippen molar-refractivity contribution in [2.24, 2.45) is 0 Å². The van der Waals surface area contributed by atoms with Crippen molar-refractivity contribution in [2.75, 3.05) is 0 Å².